The van der Waals surface area contributed by atoms with E-state index in [1.807, 2.05) is 0 Å². The van der Waals surface area contributed by atoms with Crippen LogP contribution in [0, 0.1) is 17.5 Å². The molecule has 0 aliphatic heterocycles. The van der Waals surface area contributed by atoms with E-state index in [2.05, 4.69) is 4.74 Å². The van der Waals surface area contributed by atoms with Crippen LogP contribution in [0.1, 0.15) is 12.5 Å². The molecule has 88 valence electrons. The summed E-state index contributed by atoms with van der Waals surface area (Å²) in [5.41, 5.74) is -0.543. The normalized spacial score (nSPS) is 10.2. The minimum absolute atomic E-state index is 0.167. The summed E-state index contributed by atoms with van der Waals surface area (Å²) in [7, 11) is 0. The highest BCUT2D eigenvalue weighted by molar-refractivity contribution is 5.64. The van der Waals surface area contributed by atoms with Crippen LogP contribution in [0.4, 0.5) is 18.0 Å². The highest BCUT2D eigenvalue weighted by Crippen LogP contribution is 2.37. The van der Waals surface area contributed by atoms with Crippen molar-refractivity contribution in [1.82, 2.24) is 0 Å². The van der Waals surface area contributed by atoms with Gasteiger partial charge < -0.3 is 14.9 Å². The van der Waals surface area contributed by atoms with Gasteiger partial charge in [0.15, 0.2) is 23.1 Å². The van der Waals surface area contributed by atoms with E-state index in [-0.39, 0.29) is 6.42 Å². The molecule has 1 rings (SSSR count). The molecule has 0 radical (unpaired) electrons. The zero-order valence-corrected chi connectivity index (χ0v) is 8.05. The van der Waals surface area contributed by atoms with Gasteiger partial charge in [-0.05, 0) is 6.42 Å². The Morgan fingerprint density at radius 2 is 1.81 bits per heavy atom. The number of carboxylic acid groups (broad SMARTS) is 1. The first kappa shape index (κ1) is 12.2. The largest absolute Gasteiger partial charge is 0.511 e. The third-order valence-electron chi connectivity index (χ3n) is 1.89. The molecule has 0 aliphatic rings. The molecule has 0 aromatic heterocycles. The minimum atomic E-state index is -1.88. The standard InChI is InChI=1S/C9H7F3O4/c1-2-3-4(10)5(11)6(12)7(13)8(3)16-9(14)15/h13H,2H2,1H3,(H,14,15). The number of ether oxygens (including phenoxy) is 1. The van der Waals surface area contributed by atoms with Gasteiger partial charge in [0, 0.05) is 5.56 Å². The van der Waals surface area contributed by atoms with Gasteiger partial charge in [0.25, 0.3) is 0 Å². The van der Waals surface area contributed by atoms with Crippen LogP contribution >= 0.6 is 0 Å². The average Bonchev–Trinajstić information content (AvgIpc) is 2.23. The number of halogens is 3. The molecule has 0 heterocycles. The second kappa shape index (κ2) is 4.30. The number of benzene rings is 1. The topological polar surface area (TPSA) is 66.8 Å². The lowest BCUT2D eigenvalue weighted by Crippen LogP contribution is -2.09. The van der Waals surface area contributed by atoms with Crippen molar-refractivity contribution in [2.45, 2.75) is 13.3 Å². The number of carbonyl (C=O) groups is 1. The van der Waals surface area contributed by atoms with Crippen LogP contribution in [-0.4, -0.2) is 16.4 Å². The summed E-state index contributed by atoms with van der Waals surface area (Å²) in [6, 6.07) is 0. The summed E-state index contributed by atoms with van der Waals surface area (Å²) in [5, 5.41) is 17.4. The maximum atomic E-state index is 13.2. The highest BCUT2D eigenvalue weighted by atomic mass is 19.2. The first-order valence-electron chi connectivity index (χ1n) is 4.19. The average molecular weight is 236 g/mol. The fraction of sp³-hybridized carbons (Fsp3) is 0.222. The van der Waals surface area contributed by atoms with Gasteiger partial charge in [0.2, 0.25) is 5.82 Å². The molecule has 1 aromatic carbocycles. The van der Waals surface area contributed by atoms with E-state index in [1.54, 1.807) is 0 Å². The lowest BCUT2D eigenvalue weighted by molar-refractivity contribution is 0.141. The zero-order chi connectivity index (χ0) is 12.5. The van der Waals surface area contributed by atoms with Crippen LogP contribution in [0.25, 0.3) is 0 Å². The van der Waals surface area contributed by atoms with E-state index < -0.39 is 40.7 Å². The van der Waals surface area contributed by atoms with E-state index in [1.165, 1.54) is 6.92 Å². The molecule has 0 atom stereocenters. The molecular formula is C9H7F3O4. The lowest BCUT2D eigenvalue weighted by Gasteiger charge is -2.11. The van der Waals surface area contributed by atoms with E-state index in [9.17, 15) is 18.0 Å². The van der Waals surface area contributed by atoms with Gasteiger partial charge in [0.05, 0.1) is 0 Å². The van der Waals surface area contributed by atoms with Crippen LogP contribution in [0.5, 0.6) is 11.5 Å². The van der Waals surface area contributed by atoms with Crippen LogP contribution in [0.3, 0.4) is 0 Å². The Morgan fingerprint density at radius 1 is 1.25 bits per heavy atom. The predicted molar refractivity (Wildman–Crippen MR) is 46.0 cm³/mol. The fourth-order valence-electron chi connectivity index (χ4n) is 1.19. The second-order valence-corrected chi connectivity index (χ2v) is 2.82. The van der Waals surface area contributed by atoms with Crippen LogP contribution < -0.4 is 4.74 Å². The Hall–Kier alpha value is -1.92. The molecule has 7 heteroatoms. The van der Waals surface area contributed by atoms with Crippen LogP contribution in [0.2, 0.25) is 0 Å². The summed E-state index contributed by atoms with van der Waals surface area (Å²) in [4.78, 5) is 10.2. The van der Waals surface area contributed by atoms with E-state index in [0.29, 0.717) is 0 Å². The molecule has 0 amide bonds. The third-order valence-corrected chi connectivity index (χ3v) is 1.89. The van der Waals surface area contributed by atoms with Crippen molar-refractivity contribution in [3.8, 4) is 11.5 Å². The molecule has 0 aliphatic carbocycles. The number of hydrogen-bond donors (Lipinski definition) is 2. The first-order chi connectivity index (χ1) is 7.40. The molecule has 0 saturated heterocycles. The zero-order valence-electron chi connectivity index (χ0n) is 8.05. The summed E-state index contributed by atoms with van der Waals surface area (Å²) in [6.07, 6.45) is -2.03. The summed E-state index contributed by atoms with van der Waals surface area (Å²) < 4.78 is 42.9. The molecule has 0 saturated carbocycles. The van der Waals surface area contributed by atoms with E-state index in [0.717, 1.165) is 0 Å². The molecule has 0 fully saturated rings. The molecule has 2 N–H and O–H groups in total. The van der Waals surface area contributed by atoms with Crippen molar-refractivity contribution in [2.75, 3.05) is 0 Å². The van der Waals surface area contributed by atoms with Crippen molar-refractivity contribution in [3.05, 3.63) is 23.0 Å². The maximum Gasteiger partial charge on any atom is 0.511 e. The molecule has 0 spiro atoms. The Bertz CT molecular complexity index is 445. The molecule has 1 aromatic rings. The van der Waals surface area contributed by atoms with Crippen molar-refractivity contribution in [2.24, 2.45) is 0 Å². The first-order valence-corrected chi connectivity index (χ1v) is 4.19. The van der Waals surface area contributed by atoms with Crippen molar-refractivity contribution >= 4 is 6.16 Å². The Morgan fingerprint density at radius 3 is 2.25 bits per heavy atom. The maximum absolute atomic E-state index is 13.2. The number of phenolic OH excluding ortho intramolecular Hbond substituents is 1. The monoisotopic (exact) mass is 236 g/mol. The summed E-state index contributed by atoms with van der Waals surface area (Å²) in [6.45, 7) is 1.36. The van der Waals surface area contributed by atoms with Gasteiger partial charge in [-0.25, -0.2) is 13.6 Å². The van der Waals surface area contributed by atoms with Gasteiger partial charge in [0.1, 0.15) is 0 Å². The van der Waals surface area contributed by atoms with Crippen molar-refractivity contribution in [3.63, 3.8) is 0 Å². The van der Waals surface area contributed by atoms with Gasteiger partial charge in [-0.15, -0.1) is 0 Å². The third kappa shape index (κ3) is 1.88. The second-order valence-electron chi connectivity index (χ2n) is 2.82. The molecular weight excluding hydrogens is 229 g/mol. The molecule has 0 unspecified atom stereocenters. The van der Waals surface area contributed by atoms with Gasteiger partial charge >= 0.3 is 6.16 Å². The Labute approximate surface area is 87.9 Å². The molecule has 0 bridgehead atoms. The summed E-state index contributed by atoms with van der Waals surface area (Å²) in [5.74, 6) is -7.61. The van der Waals surface area contributed by atoms with Gasteiger partial charge in [-0.1, -0.05) is 6.92 Å². The van der Waals surface area contributed by atoms with Gasteiger partial charge in [-0.2, -0.15) is 4.39 Å². The van der Waals surface area contributed by atoms with E-state index in [4.69, 9.17) is 10.2 Å². The minimum Gasteiger partial charge on any atom is -0.502 e. The fourth-order valence-corrected chi connectivity index (χ4v) is 1.19. The number of hydrogen-bond acceptors (Lipinski definition) is 3. The number of aromatic hydroxyl groups is 1. The highest BCUT2D eigenvalue weighted by Gasteiger charge is 2.26. The predicted octanol–water partition coefficient (Wildman–Crippen LogP) is 2.43. The Balaban J connectivity index is 3.50. The Kier molecular flexibility index (Phi) is 3.26. The van der Waals surface area contributed by atoms with Crippen molar-refractivity contribution in [1.29, 1.82) is 0 Å². The van der Waals surface area contributed by atoms with Gasteiger partial charge in [-0.3, -0.25) is 0 Å². The SMILES string of the molecule is CCc1c(F)c(F)c(F)c(O)c1OC(=O)O. The van der Waals surface area contributed by atoms with Crippen LogP contribution in [0.15, 0.2) is 0 Å². The van der Waals surface area contributed by atoms with Crippen LogP contribution in [-0.2, 0) is 6.42 Å². The quantitative estimate of drug-likeness (QED) is 0.470. The van der Waals surface area contributed by atoms with E-state index >= 15 is 0 Å². The molecule has 4 nitrogen and oxygen atoms in total. The van der Waals surface area contributed by atoms with Crippen molar-refractivity contribution < 1.29 is 32.9 Å². The number of phenols is 1. The molecule has 16 heavy (non-hydrogen) atoms. The number of rotatable bonds is 2. The summed E-state index contributed by atoms with van der Waals surface area (Å²) >= 11 is 0. The smallest absolute Gasteiger partial charge is 0.502 e. The lowest BCUT2D eigenvalue weighted by atomic mass is 10.1.